The van der Waals surface area contributed by atoms with Gasteiger partial charge in [0, 0.05) is 28.4 Å². The van der Waals surface area contributed by atoms with Crippen molar-refractivity contribution in [1.29, 1.82) is 0 Å². The predicted molar refractivity (Wildman–Crippen MR) is 85.6 cm³/mol. The van der Waals surface area contributed by atoms with Crippen LogP contribution < -0.4 is 15.2 Å². The van der Waals surface area contributed by atoms with Crippen molar-refractivity contribution in [3.05, 3.63) is 46.4 Å². The molecule has 4 heteroatoms. The van der Waals surface area contributed by atoms with Crippen LogP contribution >= 0.6 is 15.9 Å². The Kier molecular flexibility index (Phi) is 4.90. The summed E-state index contributed by atoms with van der Waals surface area (Å²) in [6.07, 6.45) is 0.955. The molecule has 2 N–H and O–H groups in total. The van der Waals surface area contributed by atoms with Crippen LogP contribution in [0.4, 0.5) is 5.69 Å². The van der Waals surface area contributed by atoms with Gasteiger partial charge >= 0.3 is 0 Å². The first-order valence-corrected chi connectivity index (χ1v) is 7.35. The van der Waals surface area contributed by atoms with Crippen molar-refractivity contribution < 1.29 is 9.47 Å². The first kappa shape index (κ1) is 14.7. The van der Waals surface area contributed by atoms with Gasteiger partial charge in [0.2, 0.25) is 0 Å². The molecule has 0 aromatic heterocycles. The molecule has 0 saturated carbocycles. The van der Waals surface area contributed by atoms with E-state index in [2.05, 4.69) is 22.9 Å². The lowest BCUT2D eigenvalue weighted by molar-refractivity contribution is 0.316. The van der Waals surface area contributed by atoms with Gasteiger partial charge in [-0.05, 0) is 37.1 Å². The maximum Gasteiger partial charge on any atom is 0.133 e. The van der Waals surface area contributed by atoms with E-state index >= 15 is 0 Å². The Morgan fingerprint density at radius 1 is 1.05 bits per heavy atom. The maximum atomic E-state index is 5.87. The zero-order chi connectivity index (χ0) is 14.5. The van der Waals surface area contributed by atoms with E-state index in [9.17, 15) is 0 Å². The van der Waals surface area contributed by atoms with E-state index in [4.69, 9.17) is 15.2 Å². The average molecular weight is 336 g/mol. The van der Waals surface area contributed by atoms with Crippen LogP contribution in [0.5, 0.6) is 17.2 Å². The Hall–Kier alpha value is -1.68. The summed E-state index contributed by atoms with van der Waals surface area (Å²) in [7, 11) is 0. The van der Waals surface area contributed by atoms with Crippen molar-refractivity contribution in [3.63, 3.8) is 0 Å². The fourth-order valence-electron chi connectivity index (χ4n) is 1.77. The normalized spacial score (nSPS) is 10.3. The molecule has 0 bridgehead atoms. The van der Waals surface area contributed by atoms with E-state index in [1.165, 1.54) is 0 Å². The van der Waals surface area contributed by atoms with E-state index in [0.29, 0.717) is 18.0 Å². The Labute approximate surface area is 127 Å². The summed E-state index contributed by atoms with van der Waals surface area (Å²) in [5.41, 5.74) is 7.62. The number of hydrogen-bond donors (Lipinski definition) is 1. The van der Waals surface area contributed by atoms with Gasteiger partial charge in [-0.2, -0.15) is 0 Å². The third-order valence-electron chi connectivity index (χ3n) is 2.74. The largest absolute Gasteiger partial charge is 0.493 e. The van der Waals surface area contributed by atoms with E-state index in [1.807, 2.05) is 31.2 Å². The van der Waals surface area contributed by atoms with Gasteiger partial charge in [0.25, 0.3) is 0 Å². The standard InChI is InChI=1S/C16H18BrNO2/c1-3-6-19-14-8-12(18)9-15(10-14)20-13-4-5-16(17)11(2)7-13/h4-5,7-10H,3,6,18H2,1-2H3. The van der Waals surface area contributed by atoms with Crippen LogP contribution in [-0.2, 0) is 0 Å². The molecule has 20 heavy (non-hydrogen) atoms. The Morgan fingerprint density at radius 3 is 2.50 bits per heavy atom. The fourth-order valence-corrected chi connectivity index (χ4v) is 2.02. The molecule has 2 rings (SSSR count). The van der Waals surface area contributed by atoms with Crippen LogP contribution in [0, 0.1) is 6.92 Å². The molecule has 0 unspecified atom stereocenters. The van der Waals surface area contributed by atoms with Crippen LogP contribution in [0.25, 0.3) is 0 Å². The summed E-state index contributed by atoms with van der Waals surface area (Å²) < 4.78 is 12.5. The summed E-state index contributed by atoms with van der Waals surface area (Å²) in [6, 6.07) is 11.3. The number of ether oxygens (including phenoxy) is 2. The lowest BCUT2D eigenvalue weighted by Gasteiger charge is -2.11. The lowest BCUT2D eigenvalue weighted by atomic mass is 10.2. The van der Waals surface area contributed by atoms with Gasteiger partial charge in [-0.25, -0.2) is 0 Å². The van der Waals surface area contributed by atoms with Gasteiger partial charge in [-0.3, -0.25) is 0 Å². The van der Waals surface area contributed by atoms with Gasteiger partial charge in [0.05, 0.1) is 6.61 Å². The molecule has 0 aliphatic rings. The molecule has 3 nitrogen and oxygen atoms in total. The second kappa shape index (κ2) is 6.66. The van der Waals surface area contributed by atoms with E-state index in [-0.39, 0.29) is 0 Å². The van der Waals surface area contributed by atoms with E-state index in [1.54, 1.807) is 12.1 Å². The Balaban J connectivity index is 2.19. The summed E-state index contributed by atoms with van der Waals surface area (Å²) in [4.78, 5) is 0. The second-order valence-corrected chi connectivity index (χ2v) is 5.45. The Bertz CT molecular complexity index is 599. The van der Waals surface area contributed by atoms with Crippen molar-refractivity contribution in [2.24, 2.45) is 0 Å². The third-order valence-corrected chi connectivity index (χ3v) is 3.63. The number of rotatable bonds is 5. The molecule has 0 heterocycles. The van der Waals surface area contributed by atoms with Crippen molar-refractivity contribution in [1.82, 2.24) is 0 Å². The molecule has 0 aliphatic heterocycles. The van der Waals surface area contributed by atoms with E-state index in [0.717, 1.165) is 28.0 Å². The maximum absolute atomic E-state index is 5.87. The monoisotopic (exact) mass is 335 g/mol. The van der Waals surface area contributed by atoms with Gasteiger partial charge in [-0.1, -0.05) is 22.9 Å². The minimum atomic E-state index is 0.627. The predicted octanol–water partition coefficient (Wildman–Crippen LogP) is 4.92. The van der Waals surface area contributed by atoms with Crippen molar-refractivity contribution in [2.75, 3.05) is 12.3 Å². The first-order chi connectivity index (χ1) is 9.58. The summed E-state index contributed by atoms with van der Waals surface area (Å²) in [5.74, 6) is 2.19. The number of anilines is 1. The first-order valence-electron chi connectivity index (χ1n) is 6.56. The number of benzene rings is 2. The quantitative estimate of drug-likeness (QED) is 0.788. The number of nitrogens with two attached hydrogens (primary N) is 1. The summed E-state index contributed by atoms with van der Waals surface area (Å²) in [5, 5.41) is 0. The van der Waals surface area contributed by atoms with Crippen LogP contribution in [0.2, 0.25) is 0 Å². The molecular formula is C16H18BrNO2. The molecule has 0 saturated heterocycles. The molecule has 0 radical (unpaired) electrons. The van der Waals surface area contributed by atoms with Crippen LogP contribution in [-0.4, -0.2) is 6.61 Å². The molecule has 0 atom stereocenters. The fraction of sp³-hybridized carbons (Fsp3) is 0.250. The summed E-state index contributed by atoms with van der Waals surface area (Å²) in [6.45, 7) is 4.75. The Morgan fingerprint density at radius 2 is 1.80 bits per heavy atom. The molecule has 106 valence electrons. The summed E-state index contributed by atoms with van der Waals surface area (Å²) >= 11 is 3.47. The van der Waals surface area contributed by atoms with Gasteiger partial charge in [0.1, 0.15) is 17.2 Å². The smallest absolute Gasteiger partial charge is 0.133 e. The van der Waals surface area contributed by atoms with Gasteiger partial charge < -0.3 is 15.2 Å². The number of aryl methyl sites for hydroxylation is 1. The highest BCUT2D eigenvalue weighted by Crippen LogP contribution is 2.30. The molecular weight excluding hydrogens is 318 g/mol. The highest BCUT2D eigenvalue weighted by Gasteiger charge is 2.04. The molecule has 0 spiro atoms. The number of halogens is 1. The molecule has 0 aliphatic carbocycles. The minimum Gasteiger partial charge on any atom is -0.493 e. The molecule has 2 aromatic rings. The lowest BCUT2D eigenvalue weighted by Crippen LogP contribution is -1.97. The molecule has 0 fully saturated rings. The highest BCUT2D eigenvalue weighted by atomic mass is 79.9. The van der Waals surface area contributed by atoms with Crippen LogP contribution in [0.15, 0.2) is 40.9 Å². The topological polar surface area (TPSA) is 44.5 Å². The SMILES string of the molecule is CCCOc1cc(N)cc(Oc2ccc(Br)c(C)c2)c1. The zero-order valence-corrected chi connectivity index (χ0v) is 13.2. The van der Waals surface area contributed by atoms with Crippen molar-refractivity contribution in [3.8, 4) is 17.2 Å². The average Bonchev–Trinajstić information content (AvgIpc) is 2.40. The van der Waals surface area contributed by atoms with E-state index < -0.39 is 0 Å². The van der Waals surface area contributed by atoms with Gasteiger partial charge in [-0.15, -0.1) is 0 Å². The van der Waals surface area contributed by atoms with Crippen LogP contribution in [0.3, 0.4) is 0 Å². The van der Waals surface area contributed by atoms with Gasteiger partial charge in [0.15, 0.2) is 0 Å². The minimum absolute atomic E-state index is 0.627. The number of nitrogen functional groups attached to an aromatic ring is 1. The molecule has 2 aromatic carbocycles. The van der Waals surface area contributed by atoms with Crippen molar-refractivity contribution in [2.45, 2.75) is 20.3 Å². The van der Waals surface area contributed by atoms with Crippen LogP contribution in [0.1, 0.15) is 18.9 Å². The second-order valence-electron chi connectivity index (χ2n) is 4.60. The number of hydrogen-bond acceptors (Lipinski definition) is 3. The highest BCUT2D eigenvalue weighted by molar-refractivity contribution is 9.10. The molecule has 0 amide bonds. The zero-order valence-electron chi connectivity index (χ0n) is 11.7. The third kappa shape index (κ3) is 3.90. The van der Waals surface area contributed by atoms with Crippen molar-refractivity contribution >= 4 is 21.6 Å².